The maximum Gasteiger partial charge on any atom is 0.339 e. The summed E-state index contributed by atoms with van der Waals surface area (Å²) in [6.45, 7) is 5.00. The van der Waals surface area contributed by atoms with Crippen molar-refractivity contribution in [2.45, 2.75) is 64.9 Å². The van der Waals surface area contributed by atoms with Gasteiger partial charge in [-0.15, -0.1) is 0 Å². The number of amides is 2. The van der Waals surface area contributed by atoms with E-state index in [-0.39, 0.29) is 81.5 Å². The van der Waals surface area contributed by atoms with Crippen LogP contribution in [0.15, 0.2) is 84.9 Å². The predicted octanol–water partition coefficient (Wildman–Crippen LogP) is 11.0. The molecule has 0 aromatic heterocycles. The van der Waals surface area contributed by atoms with Gasteiger partial charge in [0.1, 0.15) is 0 Å². The summed E-state index contributed by atoms with van der Waals surface area (Å²) < 4.78 is 9.22. The Morgan fingerprint density at radius 2 is 0.938 bits per heavy atom. The van der Waals surface area contributed by atoms with Crippen LogP contribution in [0.5, 0.6) is 0 Å². The Labute approximate surface area is 400 Å². The molecule has 5 aromatic rings. The maximum absolute atomic E-state index is 12.8. The number of aliphatic hydroxyl groups excluding tert-OH is 1. The summed E-state index contributed by atoms with van der Waals surface area (Å²) in [6.07, 6.45) is -0.187. The second-order valence-electron chi connectivity index (χ2n) is 14.6. The summed E-state index contributed by atoms with van der Waals surface area (Å²) in [7, 11) is 2.49. The molecule has 7 rings (SSSR count). The van der Waals surface area contributed by atoms with Gasteiger partial charge in [-0.2, -0.15) is 0 Å². The zero-order valence-electron chi connectivity index (χ0n) is 34.9. The van der Waals surface area contributed by atoms with Crippen LogP contribution in [0.3, 0.4) is 0 Å². The summed E-state index contributed by atoms with van der Waals surface area (Å²) >= 11 is 36.7. The minimum atomic E-state index is -1.08. The number of aliphatic hydroxyl groups is 1. The smallest absolute Gasteiger partial charge is 0.339 e. The molecule has 0 saturated carbocycles. The number of carbonyl (C=O) groups excluding carboxylic acids is 4. The summed E-state index contributed by atoms with van der Waals surface area (Å²) in [5.74, 6) is -2.38. The molecule has 0 radical (unpaired) electrons. The average Bonchev–Trinajstić information content (AvgIpc) is 3.81. The first-order chi connectivity index (χ1) is 30.4. The van der Waals surface area contributed by atoms with E-state index in [1.165, 1.54) is 43.5 Å². The monoisotopic (exact) mass is 988 g/mol. The van der Waals surface area contributed by atoms with Crippen LogP contribution in [0.1, 0.15) is 91.2 Å². The van der Waals surface area contributed by atoms with Gasteiger partial charge in [0.05, 0.1) is 78.4 Å². The number of methoxy groups -OCH3 is 2. The fraction of sp³-hybridized carbons (Fsp3) is 0.255. The van der Waals surface area contributed by atoms with Crippen LogP contribution in [0.25, 0.3) is 0 Å². The van der Waals surface area contributed by atoms with Crippen molar-refractivity contribution >= 4 is 99.3 Å². The fourth-order valence-corrected chi connectivity index (χ4v) is 9.13. The Kier molecular flexibility index (Phi) is 17.5. The van der Waals surface area contributed by atoms with E-state index in [0.717, 1.165) is 11.1 Å². The molecule has 2 unspecified atom stereocenters. The highest BCUT2D eigenvalue weighted by atomic mass is 35.5. The molecule has 2 aliphatic heterocycles. The van der Waals surface area contributed by atoms with Gasteiger partial charge in [0.2, 0.25) is 11.8 Å². The molecular formula is C47H42Cl6N2O9. The Hall–Kier alpha value is -4.85. The molecule has 0 spiro atoms. The van der Waals surface area contributed by atoms with Crippen LogP contribution in [0.2, 0.25) is 30.1 Å². The van der Waals surface area contributed by atoms with E-state index in [1.807, 2.05) is 61.2 Å². The van der Waals surface area contributed by atoms with Crippen LogP contribution >= 0.6 is 69.6 Å². The fourth-order valence-electron chi connectivity index (χ4n) is 7.40. The van der Waals surface area contributed by atoms with E-state index in [1.54, 1.807) is 23.1 Å². The lowest BCUT2D eigenvalue weighted by Crippen LogP contribution is -2.29. The number of carboxylic acid groups (broad SMARTS) is 1. The van der Waals surface area contributed by atoms with Crippen molar-refractivity contribution in [3.05, 3.63) is 171 Å². The summed E-state index contributed by atoms with van der Waals surface area (Å²) in [4.78, 5) is 62.9. The summed E-state index contributed by atoms with van der Waals surface area (Å²) in [6, 6.07) is 25.3. The molecular weight excluding hydrogens is 949 g/mol. The van der Waals surface area contributed by atoms with Gasteiger partial charge in [-0.1, -0.05) is 124 Å². The molecule has 2 heterocycles. The SMILES string of the molecule is CC1c2ccccc2CN1C(=O)Cc1c(Cl)ccc(CO)c1Cl.COC(=O)c1ccc(Cl)c(CC(=O)N2Cc3ccccc3C2C)c1Cl.COC(=O)c1ccc(Cl)c(CC(=O)O)c1Cl. The highest BCUT2D eigenvalue weighted by Gasteiger charge is 2.32. The van der Waals surface area contributed by atoms with Gasteiger partial charge in [-0.3, -0.25) is 14.4 Å². The first-order valence-electron chi connectivity index (χ1n) is 19.6. The van der Waals surface area contributed by atoms with Gasteiger partial charge in [0.15, 0.2) is 0 Å². The van der Waals surface area contributed by atoms with Crippen molar-refractivity contribution in [3.63, 3.8) is 0 Å². The number of rotatable bonds is 9. The number of hydrogen-bond acceptors (Lipinski definition) is 8. The van der Waals surface area contributed by atoms with Gasteiger partial charge in [-0.05, 0) is 83.1 Å². The van der Waals surface area contributed by atoms with E-state index in [2.05, 4.69) is 10.8 Å². The molecule has 2 N–H and O–H groups in total. The maximum atomic E-state index is 12.8. The molecule has 5 aromatic carbocycles. The van der Waals surface area contributed by atoms with Crippen molar-refractivity contribution in [1.82, 2.24) is 9.80 Å². The van der Waals surface area contributed by atoms with Gasteiger partial charge in [-0.25, -0.2) is 9.59 Å². The lowest BCUT2D eigenvalue weighted by Gasteiger charge is -2.23. The number of benzene rings is 5. The third kappa shape index (κ3) is 11.3. The normalized spacial score (nSPS) is 14.6. The number of fused-ring (bicyclic) bond motifs is 2. The molecule has 64 heavy (non-hydrogen) atoms. The third-order valence-electron chi connectivity index (χ3n) is 10.9. The molecule has 336 valence electrons. The van der Waals surface area contributed by atoms with E-state index < -0.39 is 17.9 Å². The van der Waals surface area contributed by atoms with Gasteiger partial charge in [0, 0.05) is 33.7 Å². The van der Waals surface area contributed by atoms with Gasteiger partial charge >= 0.3 is 17.9 Å². The Balaban J connectivity index is 0.000000185. The number of hydrogen-bond donors (Lipinski definition) is 2. The average molecular weight is 992 g/mol. The van der Waals surface area contributed by atoms with E-state index in [4.69, 9.17) is 79.4 Å². The van der Waals surface area contributed by atoms with Crippen molar-refractivity contribution in [2.24, 2.45) is 0 Å². The van der Waals surface area contributed by atoms with Crippen molar-refractivity contribution < 1.29 is 43.7 Å². The lowest BCUT2D eigenvalue weighted by molar-refractivity contribution is -0.136. The van der Waals surface area contributed by atoms with Crippen molar-refractivity contribution in [2.75, 3.05) is 14.2 Å². The number of nitrogens with zero attached hydrogens (tertiary/aromatic N) is 2. The molecule has 2 amide bonds. The second-order valence-corrected chi connectivity index (χ2v) is 17.0. The predicted molar refractivity (Wildman–Crippen MR) is 248 cm³/mol. The highest BCUT2D eigenvalue weighted by molar-refractivity contribution is 6.39. The van der Waals surface area contributed by atoms with Crippen molar-refractivity contribution in [3.8, 4) is 0 Å². The number of aliphatic carboxylic acids is 1. The number of carbonyl (C=O) groups is 5. The van der Waals surface area contributed by atoms with Crippen molar-refractivity contribution in [1.29, 1.82) is 0 Å². The molecule has 2 atom stereocenters. The standard InChI is InChI=1S/C19H17Cl2NO3.C18H17Cl2NO2.C10H8Cl2O4/c1-11-13-6-4-3-5-12(13)10-22(11)17(23)9-15-16(20)8-7-14(18(15)21)19(24)25-2;1-11-14-5-3-2-4-12(14)9-21(11)17(23)8-15-16(19)7-6-13(10-22)18(15)20;1-16-10(15)5-2-3-7(11)6(9(5)12)4-8(13)14/h3-8,11H,9-10H2,1-2H3;2-7,11,22H,8-10H2,1H3;2-3H,4H2,1H3,(H,13,14). The minimum absolute atomic E-state index is 0.00922. The molecule has 17 heteroatoms. The van der Waals surface area contributed by atoms with Crippen LogP contribution in [0, 0.1) is 0 Å². The number of halogens is 6. The number of esters is 2. The Morgan fingerprint density at radius 3 is 1.31 bits per heavy atom. The quantitative estimate of drug-likeness (QED) is 0.138. The zero-order valence-corrected chi connectivity index (χ0v) is 39.4. The Bertz CT molecular complexity index is 2600. The largest absolute Gasteiger partial charge is 0.481 e. The van der Waals surface area contributed by atoms with E-state index in [0.29, 0.717) is 44.8 Å². The highest BCUT2D eigenvalue weighted by Crippen LogP contribution is 2.37. The lowest BCUT2D eigenvalue weighted by atomic mass is 10.1. The second kappa shape index (κ2) is 22.4. The number of ether oxygens (including phenoxy) is 2. The molecule has 11 nitrogen and oxygen atoms in total. The molecule has 2 aliphatic rings. The van der Waals surface area contributed by atoms with Gasteiger partial charge < -0.3 is 29.5 Å². The molecule has 0 bridgehead atoms. The zero-order chi connectivity index (χ0) is 47.0. The van der Waals surface area contributed by atoms with E-state index in [9.17, 15) is 29.1 Å². The van der Waals surface area contributed by atoms with Crippen LogP contribution < -0.4 is 0 Å². The Morgan fingerprint density at radius 1 is 0.562 bits per heavy atom. The summed E-state index contributed by atoms with van der Waals surface area (Å²) in [5.41, 5.74) is 6.76. The van der Waals surface area contributed by atoms with Crippen LogP contribution in [0.4, 0.5) is 0 Å². The minimum Gasteiger partial charge on any atom is -0.481 e. The first-order valence-corrected chi connectivity index (χ1v) is 21.8. The topological polar surface area (TPSA) is 151 Å². The number of carboxylic acids is 1. The third-order valence-corrected chi connectivity index (χ3v) is 13.3. The van der Waals surface area contributed by atoms with E-state index >= 15 is 0 Å². The van der Waals surface area contributed by atoms with Crippen LogP contribution in [-0.2, 0) is 62.8 Å². The van der Waals surface area contributed by atoms with Crippen LogP contribution in [-0.4, -0.2) is 64.0 Å². The van der Waals surface area contributed by atoms with Gasteiger partial charge in [0.25, 0.3) is 0 Å². The molecule has 0 aliphatic carbocycles. The molecule has 0 saturated heterocycles. The first kappa shape index (κ1) is 50.2. The summed E-state index contributed by atoms with van der Waals surface area (Å²) in [5, 5.41) is 19.6. The molecule has 0 fully saturated rings.